The average Bonchev–Trinajstić information content (AvgIpc) is 3.15. The predicted molar refractivity (Wildman–Crippen MR) is 124 cm³/mol. The van der Waals surface area contributed by atoms with E-state index in [0.717, 1.165) is 57.9 Å². The van der Waals surface area contributed by atoms with Gasteiger partial charge in [-0.3, -0.25) is 0 Å². The summed E-state index contributed by atoms with van der Waals surface area (Å²) in [5.74, 6) is 0.833. The number of nitrogens with two attached hydrogens (primary N) is 1. The van der Waals surface area contributed by atoms with Gasteiger partial charge in [-0.2, -0.15) is 5.10 Å². The van der Waals surface area contributed by atoms with Gasteiger partial charge in [0.25, 0.3) is 0 Å². The molecule has 1 aliphatic carbocycles. The van der Waals surface area contributed by atoms with E-state index in [9.17, 15) is 0 Å². The van der Waals surface area contributed by atoms with Gasteiger partial charge in [0.2, 0.25) is 0 Å². The molecule has 2 aromatic heterocycles. The fourth-order valence-electron chi connectivity index (χ4n) is 4.38. The lowest BCUT2D eigenvalue weighted by Gasteiger charge is -2.38. The van der Waals surface area contributed by atoms with Crippen LogP contribution in [-0.4, -0.2) is 21.2 Å². The Morgan fingerprint density at radius 1 is 1.06 bits per heavy atom. The second-order valence-electron chi connectivity index (χ2n) is 8.51. The van der Waals surface area contributed by atoms with Crippen molar-refractivity contribution in [3.8, 4) is 28.3 Å². The van der Waals surface area contributed by atoms with E-state index >= 15 is 0 Å². The lowest BCUT2D eigenvalue weighted by atomic mass is 9.72. The zero-order valence-electron chi connectivity index (χ0n) is 18.4. The van der Waals surface area contributed by atoms with Crippen LogP contribution in [0, 0.1) is 13.8 Å². The Kier molecular flexibility index (Phi) is 4.78. The summed E-state index contributed by atoms with van der Waals surface area (Å²) in [6.07, 6.45) is 5.21. The summed E-state index contributed by atoms with van der Waals surface area (Å²) in [6.45, 7) is 6.76. The maximum absolute atomic E-state index is 6.54. The summed E-state index contributed by atoms with van der Waals surface area (Å²) in [6, 6.07) is 16.7. The van der Waals surface area contributed by atoms with Crippen molar-refractivity contribution in [2.24, 2.45) is 5.73 Å². The van der Waals surface area contributed by atoms with Crippen molar-refractivity contribution in [2.45, 2.75) is 45.6 Å². The SMILES string of the molecule is CCOc1ccccc1-c1c(-c2ccc(C3(N)CCC3)cc2)nc2c(C)c(C)cnn12. The molecule has 0 amide bonds. The molecule has 0 spiro atoms. The highest BCUT2D eigenvalue weighted by Crippen LogP contribution is 2.41. The molecule has 1 saturated carbocycles. The molecule has 1 fully saturated rings. The number of aromatic nitrogens is 3. The van der Waals surface area contributed by atoms with Crippen molar-refractivity contribution in [1.82, 2.24) is 14.6 Å². The van der Waals surface area contributed by atoms with Crippen LogP contribution in [0.15, 0.2) is 54.7 Å². The molecule has 158 valence electrons. The van der Waals surface area contributed by atoms with Crippen LogP contribution >= 0.6 is 0 Å². The molecule has 0 unspecified atom stereocenters. The maximum atomic E-state index is 6.54. The molecule has 5 rings (SSSR count). The second-order valence-corrected chi connectivity index (χ2v) is 8.51. The summed E-state index contributed by atoms with van der Waals surface area (Å²) in [7, 11) is 0. The quantitative estimate of drug-likeness (QED) is 0.475. The minimum atomic E-state index is -0.170. The van der Waals surface area contributed by atoms with Crippen molar-refractivity contribution in [3.05, 3.63) is 71.4 Å². The predicted octanol–water partition coefficient (Wildman–Crippen LogP) is 5.42. The van der Waals surface area contributed by atoms with Crippen LogP contribution < -0.4 is 10.5 Å². The van der Waals surface area contributed by atoms with Crippen molar-refractivity contribution in [2.75, 3.05) is 6.61 Å². The normalized spacial score (nSPS) is 15.1. The Balaban J connectivity index is 1.73. The van der Waals surface area contributed by atoms with Gasteiger partial charge in [0.05, 0.1) is 18.5 Å². The van der Waals surface area contributed by atoms with E-state index in [1.807, 2.05) is 35.8 Å². The Hall–Kier alpha value is -3.18. The molecule has 0 bridgehead atoms. The van der Waals surface area contributed by atoms with Crippen LogP contribution in [0.2, 0.25) is 0 Å². The molecule has 2 heterocycles. The van der Waals surface area contributed by atoms with Crippen LogP contribution in [0.1, 0.15) is 42.9 Å². The van der Waals surface area contributed by atoms with Crippen molar-refractivity contribution in [3.63, 3.8) is 0 Å². The van der Waals surface area contributed by atoms with E-state index in [4.69, 9.17) is 20.6 Å². The minimum Gasteiger partial charge on any atom is -0.493 e. The molecule has 5 nitrogen and oxygen atoms in total. The first-order valence-corrected chi connectivity index (χ1v) is 11.0. The summed E-state index contributed by atoms with van der Waals surface area (Å²) >= 11 is 0. The second kappa shape index (κ2) is 7.50. The number of fused-ring (bicyclic) bond motifs is 1. The van der Waals surface area contributed by atoms with Gasteiger partial charge in [0, 0.05) is 16.7 Å². The largest absolute Gasteiger partial charge is 0.493 e. The standard InChI is InChI=1S/C26H28N4O/c1-4-31-22-9-6-5-8-21(22)24-23(29-25-18(3)17(2)16-28-30(24)25)19-10-12-20(13-11-19)26(27)14-7-15-26/h5-6,8-13,16H,4,7,14-15,27H2,1-3H3. The third kappa shape index (κ3) is 3.20. The third-order valence-electron chi connectivity index (χ3n) is 6.57. The first kappa shape index (κ1) is 19.8. The maximum Gasteiger partial charge on any atom is 0.158 e. The highest BCUT2D eigenvalue weighted by Gasteiger charge is 2.34. The number of rotatable bonds is 5. The first-order valence-electron chi connectivity index (χ1n) is 11.0. The molecular weight excluding hydrogens is 384 g/mol. The van der Waals surface area contributed by atoms with Gasteiger partial charge in [0.15, 0.2) is 5.65 Å². The number of ether oxygens (including phenoxy) is 1. The van der Waals surface area contributed by atoms with Gasteiger partial charge in [0.1, 0.15) is 11.4 Å². The summed E-state index contributed by atoms with van der Waals surface area (Å²) in [5, 5.41) is 4.72. The van der Waals surface area contributed by atoms with E-state index in [0.29, 0.717) is 6.61 Å². The van der Waals surface area contributed by atoms with E-state index in [1.165, 1.54) is 12.0 Å². The minimum absolute atomic E-state index is 0.170. The van der Waals surface area contributed by atoms with Crippen molar-refractivity contribution in [1.29, 1.82) is 0 Å². The molecule has 0 radical (unpaired) electrons. The highest BCUT2D eigenvalue weighted by atomic mass is 16.5. The molecule has 0 atom stereocenters. The van der Waals surface area contributed by atoms with Gasteiger partial charge in [-0.25, -0.2) is 9.50 Å². The van der Waals surface area contributed by atoms with E-state index < -0.39 is 0 Å². The van der Waals surface area contributed by atoms with Gasteiger partial charge in [-0.05, 0) is 68.9 Å². The monoisotopic (exact) mass is 412 g/mol. The van der Waals surface area contributed by atoms with E-state index in [-0.39, 0.29) is 5.54 Å². The topological polar surface area (TPSA) is 65.4 Å². The van der Waals surface area contributed by atoms with E-state index in [1.54, 1.807) is 0 Å². The number of benzene rings is 2. The lowest BCUT2D eigenvalue weighted by molar-refractivity contribution is 0.253. The van der Waals surface area contributed by atoms with Gasteiger partial charge in [-0.15, -0.1) is 0 Å². The molecule has 31 heavy (non-hydrogen) atoms. The highest BCUT2D eigenvalue weighted by molar-refractivity contribution is 5.85. The number of nitrogens with zero attached hydrogens (tertiary/aromatic N) is 3. The number of aryl methyl sites for hydroxylation is 2. The molecule has 5 heteroatoms. The van der Waals surface area contributed by atoms with Crippen LogP contribution in [-0.2, 0) is 5.54 Å². The summed E-state index contributed by atoms with van der Waals surface area (Å²) in [4.78, 5) is 5.06. The zero-order chi connectivity index (χ0) is 21.6. The summed E-state index contributed by atoms with van der Waals surface area (Å²) in [5.41, 5.74) is 14.6. The number of hydrogen-bond donors (Lipinski definition) is 1. The van der Waals surface area contributed by atoms with Crippen molar-refractivity contribution < 1.29 is 4.74 Å². The smallest absolute Gasteiger partial charge is 0.158 e. The molecule has 2 N–H and O–H groups in total. The van der Waals surface area contributed by atoms with Crippen LogP contribution in [0.3, 0.4) is 0 Å². The number of para-hydroxylation sites is 1. The Morgan fingerprint density at radius 3 is 2.48 bits per heavy atom. The van der Waals surface area contributed by atoms with Gasteiger partial charge in [-0.1, -0.05) is 36.4 Å². The first-order chi connectivity index (χ1) is 15.0. The lowest BCUT2D eigenvalue weighted by Crippen LogP contribution is -2.43. The Bertz CT molecular complexity index is 1250. The van der Waals surface area contributed by atoms with Gasteiger partial charge >= 0.3 is 0 Å². The molecule has 0 saturated heterocycles. The van der Waals surface area contributed by atoms with Crippen LogP contribution in [0.5, 0.6) is 5.75 Å². The van der Waals surface area contributed by atoms with Crippen molar-refractivity contribution >= 4 is 5.65 Å². The van der Waals surface area contributed by atoms with Crippen LogP contribution in [0.4, 0.5) is 0 Å². The molecule has 1 aliphatic rings. The zero-order valence-corrected chi connectivity index (χ0v) is 18.4. The fraction of sp³-hybridized carbons (Fsp3) is 0.308. The molecule has 2 aromatic carbocycles. The molecular formula is C26H28N4O. The van der Waals surface area contributed by atoms with Gasteiger partial charge < -0.3 is 10.5 Å². The Labute approximate surface area is 182 Å². The average molecular weight is 413 g/mol. The van der Waals surface area contributed by atoms with Crippen LogP contribution in [0.25, 0.3) is 28.2 Å². The fourth-order valence-corrected chi connectivity index (χ4v) is 4.38. The van der Waals surface area contributed by atoms with E-state index in [2.05, 4.69) is 44.2 Å². The number of hydrogen-bond acceptors (Lipinski definition) is 4. The molecule has 4 aromatic rings. The summed E-state index contributed by atoms with van der Waals surface area (Å²) < 4.78 is 7.90. The number of imidazole rings is 1. The molecule has 0 aliphatic heterocycles. The third-order valence-corrected chi connectivity index (χ3v) is 6.57. The Morgan fingerprint density at radius 2 is 1.81 bits per heavy atom.